The zero-order valence-electron chi connectivity index (χ0n) is 46.9. The van der Waals surface area contributed by atoms with Crippen molar-refractivity contribution in [3.05, 3.63) is 171 Å². The topological polar surface area (TPSA) is 201 Å². The summed E-state index contributed by atoms with van der Waals surface area (Å²) in [7, 11) is 0. The molecule has 0 aromatic heterocycles. The zero-order chi connectivity index (χ0) is 57.7. The van der Waals surface area contributed by atoms with E-state index in [4.69, 9.17) is 47.4 Å². The fourth-order valence-corrected chi connectivity index (χ4v) is 7.88. The van der Waals surface area contributed by atoms with Gasteiger partial charge in [0, 0.05) is 23.0 Å². The quantitative estimate of drug-likeness (QED) is 0.0241. The largest absolute Gasteiger partial charge is 0.493 e. The highest BCUT2D eigenvalue weighted by Gasteiger charge is 2.39. The van der Waals surface area contributed by atoms with Crippen molar-refractivity contribution in [3.63, 3.8) is 0 Å². The van der Waals surface area contributed by atoms with Crippen molar-refractivity contribution in [2.24, 2.45) is 52.3 Å². The van der Waals surface area contributed by atoms with E-state index in [-0.39, 0.29) is 21.7 Å². The Bertz CT molecular complexity index is 2880. The molecule has 0 N–H and O–H groups in total. The van der Waals surface area contributed by atoms with Crippen molar-refractivity contribution >= 4 is 46.1 Å². The lowest BCUT2D eigenvalue weighted by Crippen LogP contribution is -2.46. The van der Waals surface area contributed by atoms with E-state index in [9.17, 15) is 9.59 Å². The molecule has 0 aliphatic carbocycles. The summed E-state index contributed by atoms with van der Waals surface area (Å²) in [4.78, 5) is 22.1. The van der Waals surface area contributed by atoms with Crippen molar-refractivity contribution in [1.29, 1.82) is 0 Å². The Morgan fingerprint density at radius 2 is 0.598 bits per heavy atom. The maximum Gasteiger partial charge on any atom is 0.335 e. The van der Waals surface area contributed by atoms with Crippen LogP contribution in [0.5, 0.6) is 34.5 Å². The van der Waals surface area contributed by atoms with Crippen LogP contribution in [-0.4, -0.2) is 91.2 Å². The lowest BCUT2D eigenvalue weighted by molar-refractivity contribution is -0.133. The molecule has 10 rings (SSSR count). The van der Waals surface area contributed by atoms with Crippen LogP contribution in [0.1, 0.15) is 40.5 Å². The van der Waals surface area contributed by atoms with Crippen molar-refractivity contribution in [2.75, 3.05) is 79.3 Å². The van der Waals surface area contributed by atoms with Gasteiger partial charge in [0.25, 0.3) is 0 Å². The molecule has 18 nitrogen and oxygen atoms in total. The van der Waals surface area contributed by atoms with Gasteiger partial charge in [-0.1, -0.05) is 40.9 Å². The summed E-state index contributed by atoms with van der Waals surface area (Å²) in [5.41, 5.74) is 4.95. The highest BCUT2D eigenvalue weighted by Crippen LogP contribution is 2.35. The highest BCUT2D eigenvalue weighted by atomic mass is 16.5. The van der Waals surface area contributed by atoms with Crippen molar-refractivity contribution in [2.45, 2.75) is 40.5 Å². The van der Waals surface area contributed by atoms with Crippen molar-refractivity contribution in [1.82, 2.24) is 0 Å². The van der Waals surface area contributed by atoms with Crippen LogP contribution in [-0.2, 0) is 28.5 Å². The number of hydrogen-bond donors (Lipinski definition) is 0. The van der Waals surface area contributed by atoms with E-state index < -0.39 is 11.9 Å². The molecule has 82 heavy (non-hydrogen) atoms. The number of hydrogen-bond acceptors (Lipinski definition) is 18. The maximum absolute atomic E-state index is 11.1. The first-order valence-electron chi connectivity index (χ1n) is 27.1. The lowest BCUT2D eigenvalue weighted by Gasteiger charge is -2.40. The Morgan fingerprint density at radius 1 is 0.378 bits per heavy atom. The van der Waals surface area contributed by atoms with E-state index in [2.05, 4.69) is 71.5 Å². The summed E-state index contributed by atoms with van der Waals surface area (Å²) >= 11 is 0. The fraction of sp³-hybridized carbons (Fsp3) is 0.344. The smallest absolute Gasteiger partial charge is 0.335 e. The first-order chi connectivity index (χ1) is 39.8. The highest BCUT2D eigenvalue weighted by molar-refractivity contribution is 5.83. The van der Waals surface area contributed by atoms with Gasteiger partial charge in [-0.2, -0.15) is 30.7 Å². The zero-order valence-corrected chi connectivity index (χ0v) is 46.9. The van der Waals surface area contributed by atoms with Gasteiger partial charge in [-0.25, -0.2) is 9.59 Å². The van der Waals surface area contributed by atoms with Crippen LogP contribution in [0, 0.1) is 21.7 Å². The van der Waals surface area contributed by atoms with Gasteiger partial charge in [0.15, 0.2) is 0 Å². The molecular weight excluding hydrogens is 1040 g/mol. The molecule has 428 valence electrons. The third kappa shape index (κ3) is 18.0. The third-order valence-electron chi connectivity index (χ3n) is 13.8. The molecule has 0 saturated carbocycles. The predicted molar refractivity (Wildman–Crippen MR) is 310 cm³/mol. The van der Waals surface area contributed by atoms with E-state index in [1.54, 1.807) is 48.5 Å². The van der Waals surface area contributed by atoms with Gasteiger partial charge >= 0.3 is 11.9 Å². The second kappa shape index (κ2) is 28.8. The molecule has 0 amide bonds. The van der Waals surface area contributed by atoms with Crippen molar-refractivity contribution in [3.8, 4) is 34.5 Å². The molecule has 0 unspecified atom stereocenters. The minimum Gasteiger partial charge on any atom is -0.493 e. The molecule has 4 fully saturated rings. The van der Waals surface area contributed by atoms with Gasteiger partial charge in [-0.3, -0.25) is 0 Å². The number of carbonyl (C=O) groups is 2. The molecule has 0 spiro atoms. The second-order valence-corrected chi connectivity index (χ2v) is 21.3. The van der Waals surface area contributed by atoms with E-state index in [1.165, 1.54) is 0 Å². The first-order valence-corrected chi connectivity index (χ1v) is 27.1. The second-order valence-electron chi connectivity index (χ2n) is 21.3. The van der Waals surface area contributed by atoms with Gasteiger partial charge in [-0.05, 0) is 158 Å². The average Bonchev–Trinajstić information content (AvgIpc) is 3.59. The molecule has 4 aliphatic rings. The Morgan fingerprint density at radius 3 is 0.780 bits per heavy atom. The molecule has 4 saturated heterocycles. The van der Waals surface area contributed by atoms with Crippen LogP contribution in [0.25, 0.3) is 0 Å². The molecule has 4 aliphatic heterocycles. The number of carbonyl (C=O) groups excluding carboxylic acids is 2. The molecule has 4 heterocycles. The van der Waals surface area contributed by atoms with Gasteiger partial charge in [0.2, 0.25) is 0 Å². The van der Waals surface area contributed by atoms with Gasteiger partial charge in [0.05, 0.1) is 124 Å². The summed E-state index contributed by atoms with van der Waals surface area (Å²) in [6.45, 7) is 24.2. The summed E-state index contributed by atoms with van der Waals surface area (Å²) < 4.78 is 54.6. The monoisotopic (exact) mass is 1110 g/mol. The molecular formula is C64H70N6O12. The standard InChI is InChI=1S/C24H30N2O4.C22H26N2O4.C18H14N2O4/c1-3-23(13-27-14-23)17-29-21-9-5-19(6-10-21)25-26-20-7-11-22(12-8-20)30-18-24(4-2)15-28-16-24;1-21(11-25-12-21)15-27-19-7-3-17(4-8-19)23-24-18-5-9-20(10-6-18)28-16-22(2)13-26-14-22;1-3-17(21)23-15-9-5-13(6-10-15)19-20-14-7-11-16(12-8-14)24-18(22)4-2/h5-12H,3-4,13-18H2,1-2H3;3-10H,11-16H2,1-2H3;3-12H,1-2H2. The van der Waals surface area contributed by atoms with Gasteiger partial charge < -0.3 is 47.4 Å². The summed E-state index contributed by atoms with van der Waals surface area (Å²) in [6.07, 6.45) is 4.31. The Kier molecular flexibility index (Phi) is 21.0. The van der Waals surface area contributed by atoms with Crippen LogP contribution in [0.15, 0.2) is 202 Å². The first kappa shape index (κ1) is 59.7. The number of benzene rings is 6. The number of rotatable bonds is 24. The van der Waals surface area contributed by atoms with E-state index in [0.717, 1.165) is 124 Å². The fourth-order valence-electron chi connectivity index (χ4n) is 7.88. The van der Waals surface area contributed by atoms with E-state index >= 15 is 0 Å². The average molecular weight is 1120 g/mol. The van der Waals surface area contributed by atoms with Crippen LogP contribution < -0.4 is 28.4 Å². The molecule has 0 atom stereocenters. The molecule has 6 aromatic rings. The minimum atomic E-state index is -0.526. The number of esters is 2. The van der Waals surface area contributed by atoms with Crippen LogP contribution in [0.2, 0.25) is 0 Å². The summed E-state index contributed by atoms with van der Waals surface area (Å²) in [5.74, 6) is 3.09. The Hall–Kier alpha value is -8.42. The van der Waals surface area contributed by atoms with E-state index in [0.29, 0.717) is 49.3 Å². The minimum absolute atomic E-state index is 0.137. The number of ether oxygens (including phenoxy) is 10. The lowest BCUT2D eigenvalue weighted by atomic mass is 9.84. The van der Waals surface area contributed by atoms with Crippen molar-refractivity contribution < 1.29 is 57.0 Å². The molecule has 0 radical (unpaired) electrons. The molecule has 6 aromatic carbocycles. The number of azo groups is 3. The normalized spacial score (nSPS) is 16.7. The Balaban J connectivity index is 0.000000162. The van der Waals surface area contributed by atoms with Crippen LogP contribution in [0.3, 0.4) is 0 Å². The van der Waals surface area contributed by atoms with Gasteiger partial charge in [0.1, 0.15) is 34.5 Å². The summed E-state index contributed by atoms with van der Waals surface area (Å²) in [6, 6.07) is 43.7. The maximum atomic E-state index is 11.1. The molecule has 18 heteroatoms. The van der Waals surface area contributed by atoms with Gasteiger partial charge in [-0.15, -0.1) is 0 Å². The SMILES string of the molecule is C=CC(=O)Oc1ccc(N=Nc2ccc(OC(=O)C=C)cc2)cc1.CC1(COc2ccc(N=Nc3ccc(OCC4(C)COC4)cc3)cc2)COC1.CCC1(COc2ccc(N=Nc3ccc(OCC4(CC)COC4)cc3)cc2)COC1. The third-order valence-corrected chi connectivity index (χ3v) is 13.8. The summed E-state index contributed by atoms with van der Waals surface area (Å²) in [5, 5.41) is 25.3. The van der Waals surface area contributed by atoms with Crippen LogP contribution in [0.4, 0.5) is 34.1 Å². The van der Waals surface area contributed by atoms with E-state index in [1.807, 2.05) is 97.1 Å². The Labute approximate surface area is 478 Å². The van der Waals surface area contributed by atoms with Crippen LogP contribution >= 0.6 is 0 Å². The predicted octanol–water partition coefficient (Wildman–Crippen LogP) is 14.9. The molecule has 0 bridgehead atoms. The number of nitrogens with zero attached hydrogens (tertiary/aromatic N) is 6.